The number of carbonyl (C=O) groups excluding carboxylic acids is 1. The van der Waals surface area contributed by atoms with Gasteiger partial charge in [-0.3, -0.25) is 4.79 Å². The minimum absolute atomic E-state index is 0.264. The lowest BCUT2D eigenvalue weighted by Gasteiger charge is -2.11. The molecule has 2 aromatic carbocycles. The first-order valence-corrected chi connectivity index (χ1v) is 6.40. The van der Waals surface area contributed by atoms with Gasteiger partial charge < -0.3 is 10.6 Å². The number of hydrogen-bond acceptors (Lipinski definition) is 2. The van der Waals surface area contributed by atoms with Crippen molar-refractivity contribution in [3.8, 4) is 0 Å². The van der Waals surface area contributed by atoms with E-state index < -0.39 is 0 Å². The van der Waals surface area contributed by atoms with Crippen LogP contribution in [0.3, 0.4) is 0 Å². The van der Waals surface area contributed by atoms with Crippen molar-refractivity contribution in [3.63, 3.8) is 0 Å². The Hall–Kier alpha value is -1.71. The van der Waals surface area contributed by atoms with Gasteiger partial charge in [0.1, 0.15) is 0 Å². The van der Waals surface area contributed by atoms with Gasteiger partial charge in [-0.2, -0.15) is 0 Å². The van der Waals surface area contributed by atoms with Crippen LogP contribution in [0.4, 0.5) is 11.4 Å². The van der Waals surface area contributed by atoms with Gasteiger partial charge in [-0.05, 0) is 30.3 Å². The van der Waals surface area contributed by atoms with Crippen LogP contribution in [0.15, 0.2) is 42.5 Å². The molecule has 0 unspecified atom stereocenters. The molecule has 0 fully saturated rings. The third kappa shape index (κ3) is 3.19. The van der Waals surface area contributed by atoms with Gasteiger partial charge >= 0.3 is 0 Å². The van der Waals surface area contributed by atoms with Gasteiger partial charge in [0.15, 0.2) is 0 Å². The lowest BCUT2D eigenvalue weighted by Crippen LogP contribution is -2.14. The van der Waals surface area contributed by atoms with Crippen LogP contribution in [-0.2, 0) is 0 Å². The summed E-state index contributed by atoms with van der Waals surface area (Å²) in [5.74, 6) is -0.264. The second-order valence-electron chi connectivity index (χ2n) is 3.87. The van der Waals surface area contributed by atoms with Crippen LogP contribution in [0, 0.1) is 0 Å². The Morgan fingerprint density at radius 1 is 1.05 bits per heavy atom. The topological polar surface area (TPSA) is 41.1 Å². The van der Waals surface area contributed by atoms with Gasteiger partial charge in [0.25, 0.3) is 5.91 Å². The van der Waals surface area contributed by atoms with Crippen LogP contribution in [0.1, 0.15) is 10.4 Å². The zero-order chi connectivity index (χ0) is 13.8. The summed E-state index contributed by atoms with van der Waals surface area (Å²) in [6.45, 7) is 0. The normalized spacial score (nSPS) is 10.1. The predicted molar refractivity (Wildman–Crippen MR) is 80.4 cm³/mol. The molecule has 0 bridgehead atoms. The molecule has 3 nitrogen and oxygen atoms in total. The number of halogens is 2. The molecule has 2 aromatic rings. The molecule has 98 valence electrons. The minimum Gasteiger partial charge on any atom is -0.387 e. The average molecular weight is 295 g/mol. The zero-order valence-corrected chi connectivity index (χ0v) is 11.7. The Morgan fingerprint density at radius 3 is 2.47 bits per heavy atom. The second-order valence-corrected chi connectivity index (χ2v) is 4.72. The van der Waals surface area contributed by atoms with Crippen molar-refractivity contribution in [3.05, 3.63) is 58.1 Å². The summed E-state index contributed by atoms with van der Waals surface area (Å²) in [5.41, 5.74) is 1.74. The molecule has 0 aliphatic rings. The molecule has 0 heterocycles. The molecule has 19 heavy (non-hydrogen) atoms. The van der Waals surface area contributed by atoms with Crippen LogP contribution in [0.5, 0.6) is 0 Å². The molecular weight excluding hydrogens is 283 g/mol. The second kappa shape index (κ2) is 5.95. The summed E-state index contributed by atoms with van der Waals surface area (Å²) in [5, 5.41) is 6.70. The Labute approximate surface area is 121 Å². The molecule has 2 rings (SSSR count). The summed E-state index contributed by atoms with van der Waals surface area (Å²) >= 11 is 11.9. The fourth-order valence-electron chi connectivity index (χ4n) is 1.67. The van der Waals surface area contributed by atoms with E-state index in [0.29, 0.717) is 27.0 Å². The maximum atomic E-state index is 12.2. The van der Waals surface area contributed by atoms with Crippen molar-refractivity contribution >= 4 is 40.5 Å². The summed E-state index contributed by atoms with van der Waals surface area (Å²) in [6, 6.07) is 12.1. The SMILES string of the molecule is CNc1ccc(Cl)cc1C(=O)Nc1ccccc1Cl. The quantitative estimate of drug-likeness (QED) is 0.887. The van der Waals surface area contributed by atoms with Crippen molar-refractivity contribution in [2.75, 3.05) is 17.7 Å². The Balaban J connectivity index is 2.30. The van der Waals surface area contributed by atoms with Crippen LogP contribution in [0.2, 0.25) is 10.0 Å². The predicted octanol–water partition coefficient (Wildman–Crippen LogP) is 4.29. The van der Waals surface area contributed by atoms with E-state index in [-0.39, 0.29) is 5.91 Å². The van der Waals surface area contributed by atoms with E-state index in [1.165, 1.54) is 0 Å². The van der Waals surface area contributed by atoms with Crippen LogP contribution >= 0.6 is 23.2 Å². The van der Waals surface area contributed by atoms with Crippen molar-refractivity contribution < 1.29 is 4.79 Å². The molecule has 0 atom stereocenters. The summed E-state index contributed by atoms with van der Waals surface area (Å²) in [7, 11) is 1.75. The Morgan fingerprint density at radius 2 is 1.79 bits per heavy atom. The Bertz CT molecular complexity index is 614. The number of rotatable bonds is 3. The number of nitrogens with one attached hydrogen (secondary N) is 2. The van der Waals surface area contributed by atoms with Gasteiger partial charge in [0.2, 0.25) is 0 Å². The van der Waals surface area contributed by atoms with E-state index in [2.05, 4.69) is 10.6 Å². The van der Waals surface area contributed by atoms with Crippen molar-refractivity contribution in [2.24, 2.45) is 0 Å². The summed E-state index contributed by atoms with van der Waals surface area (Å²) < 4.78 is 0. The fourth-order valence-corrected chi connectivity index (χ4v) is 2.03. The Kier molecular flexibility index (Phi) is 4.30. The zero-order valence-electron chi connectivity index (χ0n) is 10.2. The summed E-state index contributed by atoms with van der Waals surface area (Å²) in [4.78, 5) is 12.2. The molecule has 0 spiro atoms. The van der Waals surface area contributed by atoms with Crippen LogP contribution < -0.4 is 10.6 Å². The largest absolute Gasteiger partial charge is 0.387 e. The highest BCUT2D eigenvalue weighted by atomic mass is 35.5. The molecule has 0 aliphatic heterocycles. The van der Waals surface area contributed by atoms with Crippen LogP contribution in [-0.4, -0.2) is 13.0 Å². The number of hydrogen-bond donors (Lipinski definition) is 2. The number of carbonyl (C=O) groups is 1. The van der Waals surface area contributed by atoms with Crippen molar-refractivity contribution in [1.29, 1.82) is 0 Å². The molecule has 0 aliphatic carbocycles. The van der Waals surface area contributed by atoms with Gasteiger partial charge in [-0.25, -0.2) is 0 Å². The van der Waals surface area contributed by atoms with E-state index in [4.69, 9.17) is 23.2 Å². The maximum Gasteiger partial charge on any atom is 0.257 e. The number of para-hydroxylation sites is 1. The molecule has 0 aromatic heterocycles. The van der Waals surface area contributed by atoms with E-state index >= 15 is 0 Å². The molecule has 1 amide bonds. The molecule has 2 N–H and O–H groups in total. The number of amides is 1. The number of anilines is 2. The molecule has 0 saturated carbocycles. The smallest absolute Gasteiger partial charge is 0.257 e. The summed E-state index contributed by atoms with van der Waals surface area (Å²) in [6.07, 6.45) is 0. The standard InChI is InChI=1S/C14H12Cl2N2O/c1-17-12-7-6-9(15)8-10(12)14(19)18-13-5-3-2-4-11(13)16/h2-8,17H,1H3,(H,18,19). The van der Waals surface area contributed by atoms with Gasteiger partial charge in [0, 0.05) is 17.8 Å². The highest BCUT2D eigenvalue weighted by Gasteiger charge is 2.12. The van der Waals surface area contributed by atoms with Gasteiger partial charge in [0.05, 0.1) is 16.3 Å². The lowest BCUT2D eigenvalue weighted by atomic mass is 10.1. The van der Waals surface area contributed by atoms with Gasteiger partial charge in [-0.1, -0.05) is 35.3 Å². The molecule has 0 radical (unpaired) electrons. The van der Waals surface area contributed by atoms with Crippen molar-refractivity contribution in [2.45, 2.75) is 0 Å². The fraction of sp³-hybridized carbons (Fsp3) is 0.0714. The lowest BCUT2D eigenvalue weighted by molar-refractivity contribution is 0.102. The van der Waals surface area contributed by atoms with E-state index in [1.807, 2.05) is 0 Å². The first-order chi connectivity index (χ1) is 9.11. The van der Waals surface area contributed by atoms with E-state index in [1.54, 1.807) is 49.5 Å². The first-order valence-electron chi connectivity index (χ1n) is 5.65. The monoisotopic (exact) mass is 294 g/mol. The van der Waals surface area contributed by atoms with E-state index in [9.17, 15) is 4.79 Å². The third-order valence-corrected chi connectivity index (χ3v) is 3.18. The molecule has 0 saturated heterocycles. The highest BCUT2D eigenvalue weighted by Crippen LogP contribution is 2.24. The number of benzene rings is 2. The van der Waals surface area contributed by atoms with E-state index in [0.717, 1.165) is 0 Å². The van der Waals surface area contributed by atoms with Crippen LogP contribution in [0.25, 0.3) is 0 Å². The van der Waals surface area contributed by atoms with Crippen molar-refractivity contribution in [1.82, 2.24) is 0 Å². The molecular formula is C14H12Cl2N2O. The minimum atomic E-state index is -0.264. The third-order valence-electron chi connectivity index (χ3n) is 2.62. The highest BCUT2D eigenvalue weighted by molar-refractivity contribution is 6.34. The molecule has 5 heteroatoms. The van der Waals surface area contributed by atoms with Gasteiger partial charge in [-0.15, -0.1) is 0 Å². The first kappa shape index (κ1) is 13.7. The average Bonchev–Trinajstić information content (AvgIpc) is 2.41. The maximum absolute atomic E-state index is 12.2.